The summed E-state index contributed by atoms with van der Waals surface area (Å²) in [6, 6.07) is 0. The molecule has 0 amide bonds. The van der Waals surface area contributed by atoms with E-state index >= 15 is 0 Å². The zero-order valence-corrected chi connectivity index (χ0v) is 7.98. The van der Waals surface area contributed by atoms with Crippen LogP contribution in [0.1, 0.15) is 19.3 Å². The van der Waals surface area contributed by atoms with E-state index in [0.717, 1.165) is 5.92 Å². The minimum Gasteiger partial charge on any atom is -0.473 e. The molecule has 5 heteroatoms. The highest BCUT2D eigenvalue weighted by Crippen LogP contribution is 2.25. The van der Waals surface area contributed by atoms with Crippen LogP contribution < -0.4 is 0 Å². The van der Waals surface area contributed by atoms with Gasteiger partial charge < -0.3 is 15.1 Å². The van der Waals surface area contributed by atoms with Gasteiger partial charge in [-0.25, -0.2) is 9.59 Å². The summed E-state index contributed by atoms with van der Waals surface area (Å²) in [4.78, 5) is 20.8. The third-order valence-corrected chi connectivity index (χ3v) is 2.64. The third kappa shape index (κ3) is 3.33. The summed E-state index contributed by atoms with van der Waals surface area (Å²) in [5.41, 5.74) is 0. The minimum atomic E-state index is -1.82. The van der Waals surface area contributed by atoms with Gasteiger partial charge in [0, 0.05) is 6.54 Å². The Morgan fingerprint density at radius 1 is 1.07 bits per heavy atom. The Morgan fingerprint density at radius 2 is 1.71 bits per heavy atom. The van der Waals surface area contributed by atoms with E-state index in [0.29, 0.717) is 0 Å². The molecule has 2 bridgehead atoms. The Labute approximate surface area is 82.3 Å². The van der Waals surface area contributed by atoms with Gasteiger partial charge in [-0.1, -0.05) is 0 Å². The number of hydrogen-bond acceptors (Lipinski definition) is 3. The molecule has 0 aromatic carbocycles. The van der Waals surface area contributed by atoms with Gasteiger partial charge >= 0.3 is 11.9 Å². The van der Waals surface area contributed by atoms with Crippen LogP contribution in [0.25, 0.3) is 0 Å². The monoisotopic (exact) mass is 201 g/mol. The van der Waals surface area contributed by atoms with Gasteiger partial charge in [0.1, 0.15) is 0 Å². The fourth-order valence-electron chi connectivity index (χ4n) is 1.96. The smallest absolute Gasteiger partial charge is 0.414 e. The van der Waals surface area contributed by atoms with Crippen LogP contribution in [0.4, 0.5) is 0 Å². The van der Waals surface area contributed by atoms with E-state index < -0.39 is 11.9 Å². The summed E-state index contributed by atoms with van der Waals surface area (Å²) >= 11 is 0. The van der Waals surface area contributed by atoms with Crippen molar-refractivity contribution in [3.63, 3.8) is 0 Å². The zero-order valence-electron chi connectivity index (χ0n) is 7.98. The second kappa shape index (κ2) is 4.95. The Morgan fingerprint density at radius 3 is 2.14 bits per heavy atom. The molecule has 2 aliphatic rings. The molecule has 0 aliphatic carbocycles. The van der Waals surface area contributed by atoms with E-state index in [1.54, 1.807) is 0 Å². The lowest BCUT2D eigenvalue weighted by atomic mass is 10.0. The molecule has 2 N–H and O–H groups in total. The number of carboxylic acids is 2. The first-order valence-corrected chi connectivity index (χ1v) is 4.78. The number of aliphatic carboxylic acids is 2. The standard InChI is InChI=1S/C7H13N.C2H2O4/c1-2-7-3-5-8(4-1)6-7;3-1(4)2(5)6/h7H,1-6H2;(H,3,4)(H,5,6). The lowest BCUT2D eigenvalue weighted by Crippen LogP contribution is -2.25. The van der Waals surface area contributed by atoms with Gasteiger partial charge in [0.2, 0.25) is 0 Å². The minimum absolute atomic E-state index is 1.09. The topological polar surface area (TPSA) is 77.8 Å². The van der Waals surface area contributed by atoms with E-state index in [9.17, 15) is 0 Å². The number of fused-ring (bicyclic) bond motifs is 2. The van der Waals surface area contributed by atoms with Crippen LogP contribution in [-0.4, -0.2) is 46.7 Å². The van der Waals surface area contributed by atoms with E-state index in [4.69, 9.17) is 19.8 Å². The van der Waals surface area contributed by atoms with Crippen molar-refractivity contribution in [2.24, 2.45) is 5.92 Å². The molecule has 0 aromatic rings. The van der Waals surface area contributed by atoms with Crippen LogP contribution in [-0.2, 0) is 9.59 Å². The average molecular weight is 201 g/mol. The average Bonchev–Trinajstić information content (AvgIpc) is 2.46. The fourth-order valence-corrected chi connectivity index (χ4v) is 1.96. The molecule has 2 aliphatic heterocycles. The van der Waals surface area contributed by atoms with Crippen LogP contribution in [0.2, 0.25) is 0 Å². The molecule has 0 radical (unpaired) electrons. The molecule has 2 saturated heterocycles. The molecule has 14 heavy (non-hydrogen) atoms. The number of hydrogen-bond donors (Lipinski definition) is 2. The van der Waals surface area contributed by atoms with Crippen LogP contribution >= 0.6 is 0 Å². The first kappa shape index (κ1) is 11.0. The second-order valence-electron chi connectivity index (χ2n) is 3.71. The van der Waals surface area contributed by atoms with Gasteiger partial charge in [0.15, 0.2) is 0 Å². The maximum Gasteiger partial charge on any atom is 0.414 e. The van der Waals surface area contributed by atoms with Crippen molar-refractivity contribution in [2.75, 3.05) is 19.6 Å². The summed E-state index contributed by atoms with van der Waals surface area (Å²) in [5, 5.41) is 14.8. The van der Waals surface area contributed by atoms with E-state index in [2.05, 4.69) is 4.90 Å². The SMILES string of the molecule is C1CC2CCN(C1)C2.O=C(O)C(=O)O. The molecule has 0 saturated carbocycles. The highest BCUT2D eigenvalue weighted by Gasteiger charge is 2.25. The molecular formula is C9H15NO4. The second-order valence-corrected chi connectivity index (χ2v) is 3.71. The van der Waals surface area contributed by atoms with Crippen molar-refractivity contribution in [1.29, 1.82) is 0 Å². The molecule has 0 aromatic heterocycles. The van der Waals surface area contributed by atoms with Gasteiger partial charge in [-0.05, 0) is 38.3 Å². The van der Waals surface area contributed by atoms with Crippen molar-refractivity contribution in [3.05, 3.63) is 0 Å². The summed E-state index contributed by atoms with van der Waals surface area (Å²) in [5.74, 6) is -2.56. The predicted octanol–water partition coefficient (Wildman–Crippen LogP) is 0.258. The fraction of sp³-hybridized carbons (Fsp3) is 0.778. The van der Waals surface area contributed by atoms with Crippen molar-refractivity contribution in [1.82, 2.24) is 4.90 Å². The molecule has 2 atom stereocenters. The number of nitrogens with zero attached hydrogens (tertiary/aromatic N) is 1. The summed E-state index contributed by atoms with van der Waals surface area (Å²) in [7, 11) is 0. The normalized spacial score (nSPS) is 28.9. The summed E-state index contributed by atoms with van der Waals surface area (Å²) < 4.78 is 0. The van der Waals surface area contributed by atoms with Gasteiger partial charge in [0.05, 0.1) is 0 Å². The molecule has 2 unspecified atom stereocenters. The zero-order chi connectivity index (χ0) is 10.6. The van der Waals surface area contributed by atoms with E-state index in [1.165, 1.54) is 38.9 Å². The molecule has 80 valence electrons. The van der Waals surface area contributed by atoms with Gasteiger partial charge in [-0.15, -0.1) is 0 Å². The van der Waals surface area contributed by atoms with Crippen LogP contribution in [0.5, 0.6) is 0 Å². The first-order valence-electron chi connectivity index (χ1n) is 4.78. The predicted molar refractivity (Wildman–Crippen MR) is 49.1 cm³/mol. The van der Waals surface area contributed by atoms with Crippen molar-refractivity contribution in [2.45, 2.75) is 19.3 Å². The summed E-state index contributed by atoms with van der Waals surface area (Å²) in [6.07, 6.45) is 4.46. The largest absolute Gasteiger partial charge is 0.473 e. The maximum absolute atomic E-state index is 9.10. The van der Waals surface area contributed by atoms with Gasteiger partial charge in [-0.2, -0.15) is 0 Å². The van der Waals surface area contributed by atoms with E-state index in [1.807, 2.05) is 0 Å². The van der Waals surface area contributed by atoms with Gasteiger partial charge in [-0.3, -0.25) is 0 Å². The Bertz CT molecular complexity index is 203. The molecular weight excluding hydrogens is 186 g/mol. The quantitative estimate of drug-likeness (QED) is 0.549. The highest BCUT2D eigenvalue weighted by molar-refractivity contribution is 6.27. The van der Waals surface area contributed by atoms with Gasteiger partial charge in [0.25, 0.3) is 0 Å². The molecule has 5 nitrogen and oxygen atoms in total. The highest BCUT2D eigenvalue weighted by atomic mass is 16.4. The number of piperidine rings is 1. The molecule has 2 rings (SSSR count). The van der Waals surface area contributed by atoms with Crippen molar-refractivity contribution in [3.8, 4) is 0 Å². The lowest BCUT2D eigenvalue weighted by Gasteiger charge is -2.20. The maximum atomic E-state index is 9.10. The van der Waals surface area contributed by atoms with E-state index in [-0.39, 0.29) is 0 Å². The lowest BCUT2D eigenvalue weighted by molar-refractivity contribution is -0.159. The summed E-state index contributed by atoms with van der Waals surface area (Å²) in [6.45, 7) is 4.20. The Balaban J connectivity index is 0.000000149. The van der Waals surface area contributed by atoms with Crippen LogP contribution in [0, 0.1) is 5.92 Å². The van der Waals surface area contributed by atoms with Crippen molar-refractivity contribution < 1.29 is 19.8 Å². The third-order valence-electron chi connectivity index (χ3n) is 2.64. The van der Waals surface area contributed by atoms with Crippen molar-refractivity contribution >= 4 is 11.9 Å². The number of carbonyl (C=O) groups is 2. The Kier molecular flexibility index (Phi) is 3.88. The number of carboxylic acid groups (broad SMARTS) is 2. The first-order chi connectivity index (χ1) is 6.59. The molecule has 2 heterocycles. The molecule has 2 fully saturated rings. The molecule has 0 spiro atoms. The van der Waals surface area contributed by atoms with Crippen LogP contribution in [0.3, 0.4) is 0 Å². The van der Waals surface area contributed by atoms with Crippen LogP contribution in [0.15, 0.2) is 0 Å². The Hall–Kier alpha value is -1.10. The number of rotatable bonds is 0.